The van der Waals surface area contributed by atoms with Crippen LogP contribution in [0, 0.1) is 0 Å². The van der Waals surface area contributed by atoms with E-state index < -0.39 is 18.0 Å². The molecule has 2 rings (SSSR count). The van der Waals surface area contributed by atoms with Crippen LogP contribution in [-0.2, 0) is 11.2 Å². The van der Waals surface area contributed by atoms with E-state index in [1.54, 1.807) is 0 Å². The summed E-state index contributed by atoms with van der Waals surface area (Å²) in [5.74, 6) is -0.932. The zero-order valence-corrected chi connectivity index (χ0v) is 16.1. The Balaban J connectivity index is 1.99. The van der Waals surface area contributed by atoms with Crippen LogP contribution in [0.4, 0.5) is 10.5 Å². The lowest BCUT2D eigenvalue weighted by atomic mass is 10.0. The van der Waals surface area contributed by atoms with E-state index in [0.717, 1.165) is 12.0 Å². The second-order valence-corrected chi connectivity index (χ2v) is 7.73. The molecule has 6 heteroatoms. The maximum absolute atomic E-state index is 12.3. The van der Waals surface area contributed by atoms with Gasteiger partial charge in [-0.05, 0) is 29.7 Å². The molecule has 0 saturated carbocycles. The summed E-state index contributed by atoms with van der Waals surface area (Å²) in [4.78, 5) is 23.4. The SMILES string of the molecule is C[N+](C)(C)CC(CC(=O)O)NC(=O)Nc1cccc(Cc2ccccc2)c1. The van der Waals surface area contributed by atoms with Gasteiger partial charge < -0.3 is 20.2 Å². The molecule has 0 aromatic heterocycles. The van der Waals surface area contributed by atoms with Crippen molar-refractivity contribution in [1.29, 1.82) is 0 Å². The third-order valence-corrected chi connectivity index (χ3v) is 3.96. The van der Waals surface area contributed by atoms with Crippen LogP contribution in [0.5, 0.6) is 0 Å². The highest BCUT2D eigenvalue weighted by Crippen LogP contribution is 2.15. The molecule has 144 valence electrons. The molecule has 0 aliphatic heterocycles. The summed E-state index contributed by atoms with van der Waals surface area (Å²) in [5, 5.41) is 14.7. The third kappa shape index (κ3) is 7.92. The first kappa shape index (κ1) is 20.5. The molecular formula is C21H28N3O3+. The van der Waals surface area contributed by atoms with Gasteiger partial charge in [-0.3, -0.25) is 4.79 Å². The first-order chi connectivity index (χ1) is 12.7. The van der Waals surface area contributed by atoms with Crippen molar-refractivity contribution < 1.29 is 19.2 Å². The number of nitrogens with zero attached hydrogens (tertiary/aromatic N) is 1. The minimum Gasteiger partial charge on any atom is -0.481 e. The number of anilines is 1. The number of aliphatic carboxylic acids is 1. The van der Waals surface area contributed by atoms with Gasteiger partial charge in [0.2, 0.25) is 0 Å². The van der Waals surface area contributed by atoms with Gasteiger partial charge in [0.1, 0.15) is 0 Å². The molecule has 0 heterocycles. The molecule has 0 radical (unpaired) electrons. The molecule has 0 bridgehead atoms. The van der Waals surface area contributed by atoms with Crippen molar-refractivity contribution in [3.05, 3.63) is 65.7 Å². The van der Waals surface area contributed by atoms with Crippen molar-refractivity contribution in [3.63, 3.8) is 0 Å². The molecule has 1 atom stereocenters. The third-order valence-electron chi connectivity index (χ3n) is 3.96. The summed E-state index contributed by atoms with van der Waals surface area (Å²) >= 11 is 0. The van der Waals surface area contributed by atoms with Crippen molar-refractivity contribution in [2.45, 2.75) is 18.9 Å². The van der Waals surface area contributed by atoms with Crippen molar-refractivity contribution in [2.24, 2.45) is 0 Å². The lowest BCUT2D eigenvalue weighted by Gasteiger charge is -2.29. The predicted octanol–water partition coefficient (Wildman–Crippen LogP) is 2.95. The summed E-state index contributed by atoms with van der Waals surface area (Å²) in [6, 6.07) is 16.9. The van der Waals surface area contributed by atoms with Gasteiger partial charge in [-0.2, -0.15) is 0 Å². The van der Waals surface area contributed by atoms with Crippen LogP contribution in [0.25, 0.3) is 0 Å². The van der Waals surface area contributed by atoms with Gasteiger partial charge in [0.15, 0.2) is 0 Å². The normalized spacial score (nSPS) is 12.3. The first-order valence-corrected chi connectivity index (χ1v) is 8.94. The van der Waals surface area contributed by atoms with Gasteiger partial charge in [-0.15, -0.1) is 0 Å². The molecule has 0 aliphatic carbocycles. The van der Waals surface area contributed by atoms with Crippen LogP contribution in [0.3, 0.4) is 0 Å². The summed E-state index contributed by atoms with van der Waals surface area (Å²) in [7, 11) is 5.88. The summed E-state index contributed by atoms with van der Waals surface area (Å²) in [6.45, 7) is 0.522. The number of rotatable bonds is 8. The van der Waals surface area contributed by atoms with Gasteiger partial charge >= 0.3 is 12.0 Å². The summed E-state index contributed by atoms with van der Waals surface area (Å²) in [5.41, 5.74) is 2.97. The van der Waals surface area contributed by atoms with Crippen LogP contribution < -0.4 is 10.6 Å². The second kappa shape index (κ2) is 9.19. The highest BCUT2D eigenvalue weighted by Gasteiger charge is 2.22. The molecule has 0 spiro atoms. The minimum atomic E-state index is -0.932. The Labute approximate surface area is 160 Å². The van der Waals surface area contributed by atoms with Crippen LogP contribution in [-0.4, -0.2) is 55.3 Å². The van der Waals surface area contributed by atoms with Crippen molar-refractivity contribution in [3.8, 4) is 0 Å². The fraction of sp³-hybridized carbons (Fsp3) is 0.333. The molecule has 6 nitrogen and oxygen atoms in total. The topological polar surface area (TPSA) is 78.4 Å². The number of carboxylic acid groups (broad SMARTS) is 1. The maximum atomic E-state index is 12.3. The van der Waals surface area contributed by atoms with E-state index in [1.165, 1.54) is 5.56 Å². The van der Waals surface area contributed by atoms with Crippen LogP contribution >= 0.6 is 0 Å². The van der Waals surface area contributed by atoms with E-state index >= 15 is 0 Å². The number of nitrogens with one attached hydrogen (secondary N) is 2. The van der Waals surface area contributed by atoms with E-state index in [4.69, 9.17) is 5.11 Å². The van der Waals surface area contributed by atoms with E-state index in [1.807, 2.05) is 63.6 Å². The quantitative estimate of drug-likeness (QED) is 0.625. The molecule has 0 saturated heterocycles. The number of amides is 2. The van der Waals surface area contributed by atoms with Gasteiger partial charge in [-0.25, -0.2) is 4.79 Å². The first-order valence-electron chi connectivity index (χ1n) is 8.94. The number of carbonyl (C=O) groups is 2. The Morgan fingerprint density at radius 3 is 2.30 bits per heavy atom. The predicted molar refractivity (Wildman–Crippen MR) is 107 cm³/mol. The molecule has 2 amide bonds. The fourth-order valence-electron chi connectivity index (χ4n) is 2.98. The van der Waals surface area contributed by atoms with Crippen LogP contribution in [0.2, 0.25) is 0 Å². The Hall–Kier alpha value is -2.86. The zero-order chi connectivity index (χ0) is 19.9. The largest absolute Gasteiger partial charge is 0.481 e. The lowest BCUT2D eigenvalue weighted by Crippen LogP contribution is -2.50. The monoisotopic (exact) mass is 370 g/mol. The summed E-state index contributed by atoms with van der Waals surface area (Å²) in [6.07, 6.45) is 0.665. The fourth-order valence-corrected chi connectivity index (χ4v) is 2.98. The van der Waals surface area contributed by atoms with E-state index in [0.29, 0.717) is 16.7 Å². The van der Waals surface area contributed by atoms with Crippen molar-refractivity contribution >= 4 is 17.7 Å². The van der Waals surface area contributed by atoms with E-state index in [-0.39, 0.29) is 6.42 Å². The molecule has 0 fully saturated rings. The minimum absolute atomic E-state index is 0.114. The average molecular weight is 370 g/mol. The number of quaternary nitrogens is 1. The van der Waals surface area contributed by atoms with Gasteiger partial charge in [-0.1, -0.05) is 42.5 Å². The van der Waals surface area contributed by atoms with Gasteiger partial charge in [0, 0.05) is 5.69 Å². The molecule has 1 unspecified atom stereocenters. The molecule has 2 aromatic carbocycles. The number of hydrogen-bond donors (Lipinski definition) is 3. The smallest absolute Gasteiger partial charge is 0.319 e. The van der Waals surface area contributed by atoms with E-state index in [2.05, 4.69) is 22.8 Å². The van der Waals surface area contributed by atoms with E-state index in [9.17, 15) is 9.59 Å². The molecule has 27 heavy (non-hydrogen) atoms. The summed E-state index contributed by atoms with van der Waals surface area (Å²) < 4.78 is 0.560. The zero-order valence-electron chi connectivity index (χ0n) is 16.1. The number of hydrogen-bond acceptors (Lipinski definition) is 2. The van der Waals surface area contributed by atoms with Crippen LogP contribution in [0.15, 0.2) is 54.6 Å². The number of benzene rings is 2. The van der Waals surface area contributed by atoms with Gasteiger partial charge in [0.05, 0.1) is 40.2 Å². The molecular weight excluding hydrogens is 342 g/mol. The highest BCUT2D eigenvalue weighted by molar-refractivity contribution is 5.89. The Morgan fingerprint density at radius 2 is 1.67 bits per heavy atom. The average Bonchev–Trinajstić information content (AvgIpc) is 2.53. The molecule has 3 N–H and O–H groups in total. The van der Waals surface area contributed by atoms with Crippen molar-refractivity contribution in [2.75, 3.05) is 33.0 Å². The lowest BCUT2D eigenvalue weighted by molar-refractivity contribution is -0.871. The number of urea groups is 1. The number of likely N-dealkylation sites (N-methyl/N-ethyl adjacent to an activating group) is 1. The Bertz CT molecular complexity index is 770. The molecule has 0 aliphatic rings. The molecule has 2 aromatic rings. The number of carbonyl (C=O) groups excluding carboxylic acids is 1. The Morgan fingerprint density at radius 1 is 1.00 bits per heavy atom. The number of carboxylic acids is 1. The Kier molecular flexibility index (Phi) is 6.96. The van der Waals surface area contributed by atoms with Crippen molar-refractivity contribution in [1.82, 2.24) is 5.32 Å². The second-order valence-electron chi connectivity index (χ2n) is 7.73. The standard InChI is InChI=1S/C21H27N3O3/c1-24(2,3)15-19(14-20(25)26)23-21(27)22-18-11-7-10-17(13-18)12-16-8-5-4-6-9-16/h4-11,13,19H,12,14-15H2,1-3H3,(H2-,22,23,25,26,27)/p+1. The highest BCUT2D eigenvalue weighted by atomic mass is 16.4. The van der Waals surface area contributed by atoms with Gasteiger partial charge in [0.25, 0.3) is 0 Å². The van der Waals surface area contributed by atoms with Crippen LogP contribution in [0.1, 0.15) is 17.5 Å². The maximum Gasteiger partial charge on any atom is 0.319 e.